The van der Waals surface area contributed by atoms with Gasteiger partial charge in [-0.25, -0.2) is 14.6 Å². The number of nitrogens with zero attached hydrogens (tertiary/aromatic N) is 3. The van der Waals surface area contributed by atoms with Crippen molar-refractivity contribution < 1.29 is 33.0 Å². The van der Waals surface area contributed by atoms with Gasteiger partial charge in [0.25, 0.3) is 0 Å². The van der Waals surface area contributed by atoms with Crippen LogP contribution in [0.25, 0.3) is 0 Å². The Morgan fingerprint density at radius 1 is 1.23 bits per heavy atom. The Bertz CT molecular complexity index is 576. The minimum Gasteiger partial charge on any atom is -0.480 e. The minimum absolute atomic E-state index is 0.0744. The number of piperazine rings is 1. The standard InChI is InChI=1S/C12H12F3N3O4/c13-12(14,15)7-1-2-9(16-5-7)17-3-4-18(11(21)22)8(6-17)10(19)20/h1-2,5,8H,3-4,6H2,(H,19,20)(H,21,22)/t8-/m1/s1. The van der Waals surface area contributed by atoms with Crippen LogP contribution >= 0.6 is 0 Å². The first-order valence-electron chi connectivity index (χ1n) is 6.20. The molecule has 10 heteroatoms. The summed E-state index contributed by atoms with van der Waals surface area (Å²) in [5.74, 6) is -1.15. The summed E-state index contributed by atoms with van der Waals surface area (Å²) in [6.07, 6.45) is -5.20. The molecule has 0 aliphatic carbocycles. The third-order valence-electron chi connectivity index (χ3n) is 3.31. The lowest BCUT2D eigenvalue weighted by molar-refractivity contribution is -0.142. The predicted octanol–water partition coefficient (Wildman–Crippen LogP) is 1.35. The Kier molecular flexibility index (Phi) is 4.11. The molecule has 1 saturated heterocycles. The molecule has 1 atom stereocenters. The van der Waals surface area contributed by atoms with E-state index in [1.54, 1.807) is 0 Å². The third-order valence-corrected chi connectivity index (χ3v) is 3.31. The van der Waals surface area contributed by atoms with Crippen molar-refractivity contribution in [1.29, 1.82) is 0 Å². The van der Waals surface area contributed by atoms with Crippen LogP contribution in [0.15, 0.2) is 18.3 Å². The number of carbonyl (C=O) groups is 2. The maximum Gasteiger partial charge on any atom is 0.417 e. The Balaban J connectivity index is 2.17. The highest BCUT2D eigenvalue weighted by Crippen LogP contribution is 2.29. The molecule has 1 aliphatic heterocycles. The first kappa shape index (κ1) is 15.9. The number of hydrogen-bond acceptors (Lipinski definition) is 4. The summed E-state index contributed by atoms with van der Waals surface area (Å²) in [5, 5.41) is 18.0. The Morgan fingerprint density at radius 2 is 1.91 bits per heavy atom. The van der Waals surface area contributed by atoms with Crippen molar-refractivity contribution >= 4 is 17.9 Å². The average molecular weight is 319 g/mol. The van der Waals surface area contributed by atoms with Gasteiger partial charge in [0.2, 0.25) is 0 Å². The van der Waals surface area contributed by atoms with Crippen molar-refractivity contribution in [1.82, 2.24) is 9.88 Å². The Morgan fingerprint density at radius 3 is 2.36 bits per heavy atom. The van der Waals surface area contributed by atoms with Gasteiger partial charge in [0.05, 0.1) is 12.1 Å². The second-order valence-corrected chi connectivity index (χ2v) is 4.68. The third kappa shape index (κ3) is 3.21. The molecule has 7 nitrogen and oxygen atoms in total. The van der Waals surface area contributed by atoms with E-state index in [0.717, 1.165) is 17.0 Å². The quantitative estimate of drug-likeness (QED) is 0.855. The van der Waals surface area contributed by atoms with Crippen molar-refractivity contribution in [2.75, 3.05) is 24.5 Å². The van der Waals surface area contributed by atoms with Crippen LogP contribution in [0.5, 0.6) is 0 Å². The average Bonchev–Trinajstić information content (AvgIpc) is 2.45. The number of halogens is 3. The normalized spacial score (nSPS) is 19.1. The summed E-state index contributed by atoms with van der Waals surface area (Å²) >= 11 is 0. The molecule has 1 aromatic rings. The maximum atomic E-state index is 12.5. The molecule has 2 rings (SSSR count). The zero-order valence-electron chi connectivity index (χ0n) is 11.1. The number of pyridine rings is 1. The monoisotopic (exact) mass is 319 g/mol. The van der Waals surface area contributed by atoms with Crippen LogP contribution in [0, 0.1) is 0 Å². The zero-order valence-corrected chi connectivity index (χ0v) is 11.1. The molecular weight excluding hydrogens is 307 g/mol. The highest BCUT2D eigenvalue weighted by atomic mass is 19.4. The van der Waals surface area contributed by atoms with Gasteiger partial charge in [-0.2, -0.15) is 13.2 Å². The molecular formula is C12H12F3N3O4. The lowest BCUT2D eigenvalue weighted by Crippen LogP contribution is -2.58. The van der Waals surface area contributed by atoms with Gasteiger partial charge in [0, 0.05) is 19.3 Å². The summed E-state index contributed by atoms with van der Waals surface area (Å²) in [6.45, 7) is -0.108. The van der Waals surface area contributed by atoms with Gasteiger partial charge in [-0.1, -0.05) is 0 Å². The topological polar surface area (TPSA) is 94.0 Å². The Labute approximate surface area is 122 Å². The highest BCUT2D eigenvalue weighted by molar-refractivity contribution is 5.80. The number of alkyl halides is 3. The molecule has 0 aromatic carbocycles. The van der Waals surface area contributed by atoms with Gasteiger partial charge in [-0.15, -0.1) is 0 Å². The Hall–Kier alpha value is -2.52. The summed E-state index contributed by atoms with van der Waals surface area (Å²) in [6, 6.07) is 0.690. The van der Waals surface area contributed by atoms with E-state index in [1.807, 2.05) is 0 Å². The van der Waals surface area contributed by atoms with Crippen LogP contribution in [-0.4, -0.2) is 57.8 Å². The molecule has 0 spiro atoms. The fraction of sp³-hybridized carbons (Fsp3) is 0.417. The summed E-state index contributed by atoms with van der Waals surface area (Å²) < 4.78 is 37.4. The summed E-state index contributed by atoms with van der Waals surface area (Å²) in [4.78, 5) is 28.0. The van der Waals surface area contributed by atoms with Crippen LogP contribution < -0.4 is 4.90 Å². The van der Waals surface area contributed by atoms with Gasteiger partial charge in [0.1, 0.15) is 11.9 Å². The van der Waals surface area contributed by atoms with Crippen LogP contribution in [0.2, 0.25) is 0 Å². The number of amides is 1. The van der Waals surface area contributed by atoms with Crippen molar-refractivity contribution in [2.45, 2.75) is 12.2 Å². The van der Waals surface area contributed by atoms with E-state index >= 15 is 0 Å². The number of rotatable bonds is 2. The maximum absolute atomic E-state index is 12.5. The van der Waals surface area contributed by atoms with Gasteiger partial charge in [0.15, 0.2) is 0 Å². The summed E-state index contributed by atoms with van der Waals surface area (Å²) in [5.41, 5.74) is -0.907. The first-order chi connectivity index (χ1) is 10.2. The zero-order chi connectivity index (χ0) is 16.5. The SMILES string of the molecule is O=C(O)[C@H]1CN(c2ccc(C(F)(F)F)cn2)CCN1C(=O)O. The fourth-order valence-corrected chi connectivity index (χ4v) is 2.17. The van der Waals surface area contributed by atoms with Crippen molar-refractivity contribution in [2.24, 2.45) is 0 Å². The molecule has 1 amide bonds. The lowest BCUT2D eigenvalue weighted by Gasteiger charge is -2.38. The number of aliphatic carboxylic acids is 1. The largest absolute Gasteiger partial charge is 0.480 e. The minimum atomic E-state index is -4.50. The molecule has 1 fully saturated rings. The smallest absolute Gasteiger partial charge is 0.417 e. The van der Waals surface area contributed by atoms with Crippen molar-refractivity contribution in [3.05, 3.63) is 23.9 Å². The van der Waals surface area contributed by atoms with Gasteiger partial charge in [-0.3, -0.25) is 4.90 Å². The van der Waals surface area contributed by atoms with E-state index < -0.39 is 29.8 Å². The molecule has 0 unspecified atom stereocenters. The van der Waals surface area contributed by atoms with Gasteiger partial charge in [-0.05, 0) is 12.1 Å². The molecule has 0 bridgehead atoms. The van der Waals surface area contributed by atoms with E-state index in [4.69, 9.17) is 10.2 Å². The fourth-order valence-electron chi connectivity index (χ4n) is 2.17. The first-order valence-corrected chi connectivity index (χ1v) is 6.20. The molecule has 2 N–H and O–H groups in total. The van der Waals surface area contributed by atoms with E-state index in [0.29, 0.717) is 6.20 Å². The predicted molar refractivity (Wildman–Crippen MR) is 67.6 cm³/mol. The lowest BCUT2D eigenvalue weighted by atomic mass is 10.1. The molecule has 1 aromatic heterocycles. The molecule has 2 heterocycles. The van der Waals surface area contributed by atoms with Gasteiger partial charge >= 0.3 is 18.2 Å². The molecule has 1 aliphatic rings. The molecule has 0 saturated carbocycles. The number of carboxylic acid groups (broad SMARTS) is 2. The van der Waals surface area contributed by atoms with E-state index in [9.17, 15) is 22.8 Å². The summed E-state index contributed by atoms with van der Waals surface area (Å²) in [7, 11) is 0. The molecule has 0 radical (unpaired) electrons. The van der Waals surface area contributed by atoms with E-state index in [1.165, 1.54) is 4.90 Å². The van der Waals surface area contributed by atoms with Crippen molar-refractivity contribution in [3.63, 3.8) is 0 Å². The van der Waals surface area contributed by atoms with Crippen molar-refractivity contribution in [3.8, 4) is 0 Å². The number of aromatic nitrogens is 1. The highest BCUT2D eigenvalue weighted by Gasteiger charge is 2.36. The number of carboxylic acids is 1. The van der Waals surface area contributed by atoms with Crippen LogP contribution in [-0.2, 0) is 11.0 Å². The van der Waals surface area contributed by atoms with Gasteiger partial charge < -0.3 is 15.1 Å². The second kappa shape index (κ2) is 5.70. The second-order valence-electron chi connectivity index (χ2n) is 4.68. The van der Waals surface area contributed by atoms with Crippen LogP contribution in [0.1, 0.15) is 5.56 Å². The van der Waals surface area contributed by atoms with Crippen LogP contribution in [0.3, 0.4) is 0 Å². The number of anilines is 1. The molecule has 120 valence electrons. The van der Waals surface area contributed by atoms with E-state index in [-0.39, 0.29) is 25.5 Å². The van der Waals surface area contributed by atoms with E-state index in [2.05, 4.69) is 4.98 Å². The molecule has 22 heavy (non-hydrogen) atoms. The van der Waals surface area contributed by atoms with Crippen LogP contribution in [0.4, 0.5) is 23.8 Å². The number of hydrogen-bond donors (Lipinski definition) is 2.